The van der Waals surface area contributed by atoms with Gasteiger partial charge >= 0.3 is 0 Å². The van der Waals surface area contributed by atoms with Crippen LogP contribution in [0.25, 0.3) is 0 Å². The van der Waals surface area contributed by atoms with Crippen LogP contribution in [-0.2, 0) is 0 Å². The summed E-state index contributed by atoms with van der Waals surface area (Å²) in [6, 6.07) is 0. The van der Waals surface area contributed by atoms with Gasteiger partial charge in [-0.1, -0.05) is 41.9 Å². The zero-order valence-electron chi connectivity index (χ0n) is 13.9. The van der Waals surface area contributed by atoms with Crippen molar-refractivity contribution >= 4 is 0 Å². The van der Waals surface area contributed by atoms with Crippen molar-refractivity contribution in [3.05, 3.63) is 34.9 Å². The van der Waals surface area contributed by atoms with Gasteiger partial charge in [0.15, 0.2) is 0 Å². The van der Waals surface area contributed by atoms with Crippen molar-refractivity contribution in [3.8, 4) is 0 Å². The average Bonchev–Trinajstić information content (AvgIpc) is 2.69. The minimum absolute atomic E-state index is 0.564. The van der Waals surface area contributed by atoms with E-state index in [2.05, 4.69) is 52.8 Å². The number of rotatable bonds is 1. The van der Waals surface area contributed by atoms with E-state index in [1.165, 1.54) is 31.3 Å². The van der Waals surface area contributed by atoms with E-state index >= 15 is 0 Å². The summed E-state index contributed by atoms with van der Waals surface area (Å²) >= 11 is 0. The molecule has 5 atom stereocenters. The molecule has 0 nitrogen and oxygen atoms in total. The summed E-state index contributed by atoms with van der Waals surface area (Å²) in [7, 11) is 0. The van der Waals surface area contributed by atoms with Crippen molar-refractivity contribution in [2.75, 3.05) is 0 Å². The van der Waals surface area contributed by atoms with Crippen molar-refractivity contribution in [1.29, 1.82) is 0 Å². The predicted octanol–water partition coefficient (Wildman–Crippen LogP) is 5.92. The fraction of sp³-hybridized carbons (Fsp3) is 0.700. The van der Waals surface area contributed by atoms with Crippen LogP contribution in [0.15, 0.2) is 34.9 Å². The lowest BCUT2D eigenvalue weighted by atomic mass is 9.51. The van der Waals surface area contributed by atoms with Crippen molar-refractivity contribution < 1.29 is 0 Å². The maximum atomic E-state index is 2.64. The standard InChI is InChI=1S/C20H30/c1-13(2)10-17-12-15(4)18-7-6-16(5)20(18)9-8-14(3)11-19(17)20/h10-12,16-19H,6-9H2,1-5H3/t16-,17-,18-,19-,20-/m0/s1. The van der Waals surface area contributed by atoms with E-state index in [1.54, 1.807) is 11.1 Å². The van der Waals surface area contributed by atoms with Gasteiger partial charge in [0.05, 0.1) is 0 Å². The van der Waals surface area contributed by atoms with Gasteiger partial charge in [0.2, 0.25) is 0 Å². The van der Waals surface area contributed by atoms with Crippen molar-refractivity contribution in [2.45, 2.75) is 60.3 Å². The molecule has 3 aliphatic carbocycles. The van der Waals surface area contributed by atoms with Gasteiger partial charge in [0.1, 0.15) is 0 Å². The average molecular weight is 270 g/mol. The third-order valence-corrected chi connectivity index (χ3v) is 6.44. The fourth-order valence-electron chi connectivity index (χ4n) is 5.59. The number of allylic oxidation sites excluding steroid dienone is 6. The van der Waals surface area contributed by atoms with E-state index in [4.69, 9.17) is 0 Å². The lowest BCUT2D eigenvalue weighted by Crippen LogP contribution is -2.45. The Morgan fingerprint density at radius 3 is 2.65 bits per heavy atom. The lowest BCUT2D eigenvalue weighted by Gasteiger charge is -2.53. The zero-order valence-corrected chi connectivity index (χ0v) is 13.9. The highest BCUT2D eigenvalue weighted by Gasteiger charge is 2.56. The molecular weight excluding hydrogens is 240 g/mol. The third-order valence-electron chi connectivity index (χ3n) is 6.44. The summed E-state index contributed by atoms with van der Waals surface area (Å²) < 4.78 is 0. The maximum Gasteiger partial charge on any atom is 0.00203 e. The molecule has 3 rings (SSSR count). The first-order chi connectivity index (χ1) is 9.45. The normalized spacial score (nSPS) is 43.2. The lowest BCUT2D eigenvalue weighted by molar-refractivity contribution is 0.0507. The molecule has 1 saturated carbocycles. The summed E-state index contributed by atoms with van der Waals surface area (Å²) in [5, 5.41) is 0. The van der Waals surface area contributed by atoms with Gasteiger partial charge in [0, 0.05) is 5.92 Å². The molecule has 0 saturated heterocycles. The molecule has 0 bridgehead atoms. The smallest absolute Gasteiger partial charge is 0.00203 e. The Labute approximate surface area is 125 Å². The molecule has 3 aliphatic rings. The van der Waals surface area contributed by atoms with Gasteiger partial charge in [-0.05, 0) is 76.5 Å². The summed E-state index contributed by atoms with van der Waals surface area (Å²) in [6.07, 6.45) is 13.4. The van der Waals surface area contributed by atoms with Crippen LogP contribution in [-0.4, -0.2) is 0 Å². The van der Waals surface area contributed by atoms with E-state index in [-0.39, 0.29) is 0 Å². The molecule has 0 heterocycles. The highest BCUT2D eigenvalue weighted by Crippen LogP contribution is 2.64. The third kappa shape index (κ3) is 1.95. The maximum absolute atomic E-state index is 2.64. The highest BCUT2D eigenvalue weighted by atomic mass is 14.6. The van der Waals surface area contributed by atoms with Crippen LogP contribution in [0.5, 0.6) is 0 Å². The van der Waals surface area contributed by atoms with Crippen LogP contribution in [0.1, 0.15) is 60.3 Å². The van der Waals surface area contributed by atoms with Gasteiger partial charge in [-0.2, -0.15) is 0 Å². The minimum Gasteiger partial charge on any atom is -0.0810 e. The molecule has 0 aromatic heterocycles. The number of hydrogen-bond donors (Lipinski definition) is 0. The second-order valence-electron chi connectivity index (χ2n) is 7.91. The summed E-state index contributed by atoms with van der Waals surface area (Å²) in [4.78, 5) is 0. The first-order valence-corrected chi connectivity index (χ1v) is 8.46. The first-order valence-electron chi connectivity index (χ1n) is 8.46. The molecule has 20 heavy (non-hydrogen) atoms. The van der Waals surface area contributed by atoms with Crippen LogP contribution in [0, 0.1) is 29.1 Å². The van der Waals surface area contributed by atoms with Crippen LogP contribution < -0.4 is 0 Å². The Morgan fingerprint density at radius 2 is 1.95 bits per heavy atom. The molecule has 0 unspecified atom stereocenters. The van der Waals surface area contributed by atoms with E-state index in [9.17, 15) is 0 Å². The summed E-state index contributed by atoms with van der Waals surface area (Å²) in [5.74, 6) is 3.12. The monoisotopic (exact) mass is 270 g/mol. The summed E-state index contributed by atoms with van der Waals surface area (Å²) in [6.45, 7) is 11.8. The van der Waals surface area contributed by atoms with Crippen molar-refractivity contribution in [2.24, 2.45) is 29.1 Å². The molecule has 110 valence electrons. The second-order valence-corrected chi connectivity index (χ2v) is 7.91. The van der Waals surface area contributed by atoms with Gasteiger partial charge in [-0.15, -0.1) is 0 Å². The van der Waals surface area contributed by atoms with Gasteiger partial charge in [-0.25, -0.2) is 0 Å². The van der Waals surface area contributed by atoms with Crippen molar-refractivity contribution in [1.82, 2.24) is 0 Å². The summed E-state index contributed by atoms with van der Waals surface area (Å²) in [5.41, 5.74) is 5.34. The Morgan fingerprint density at radius 1 is 1.20 bits per heavy atom. The predicted molar refractivity (Wildman–Crippen MR) is 87.5 cm³/mol. The Balaban J connectivity index is 2.13. The second kappa shape index (κ2) is 4.90. The topological polar surface area (TPSA) is 0 Å². The Hall–Kier alpha value is -0.780. The van der Waals surface area contributed by atoms with E-state index in [0.717, 1.165) is 17.8 Å². The molecule has 0 aromatic rings. The van der Waals surface area contributed by atoms with Crippen LogP contribution >= 0.6 is 0 Å². The van der Waals surface area contributed by atoms with Crippen molar-refractivity contribution in [3.63, 3.8) is 0 Å². The van der Waals surface area contributed by atoms with Crippen LogP contribution in [0.2, 0.25) is 0 Å². The molecule has 0 aliphatic heterocycles. The molecule has 0 radical (unpaired) electrons. The number of hydrogen-bond acceptors (Lipinski definition) is 0. The molecule has 1 spiro atoms. The largest absolute Gasteiger partial charge is 0.0810 e. The van der Waals surface area contributed by atoms with Gasteiger partial charge in [-0.3, -0.25) is 0 Å². The molecule has 0 N–H and O–H groups in total. The van der Waals surface area contributed by atoms with E-state index in [0.29, 0.717) is 11.3 Å². The molecule has 0 amide bonds. The highest BCUT2D eigenvalue weighted by molar-refractivity contribution is 5.31. The molecular formula is C20H30. The Kier molecular flexibility index (Phi) is 3.47. The van der Waals surface area contributed by atoms with Crippen LogP contribution in [0.3, 0.4) is 0 Å². The first kappa shape index (κ1) is 14.2. The molecule has 1 fully saturated rings. The van der Waals surface area contributed by atoms with Gasteiger partial charge < -0.3 is 0 Å². The zero-order chi connectivity index (χ0) is 14.5. The van der Waals surface area contributed by atoms with E-state index < -0.39 is 0 Å². The van der Waals surface area contributed by atoms with Gasteiger partial charge in [0.25, 0.3) is 0 Å². The molecule has 0 heteroatoms. The Bertz CT molecular complexity index is 486. The SMILES string of the molecule is CC(C)=C[C@H]1C=C(C)[C@@H]2CC[C@H](C)[C@@]23CCC(C)=C[C@@H]13. The minimum atomic E-state index is 0.564. The van der Waals surface area contributed by atoms with Crippen LogP contribution in [0.4, 0.5) is 0 Å². The molecule has 0 aromatic carbocycles. The van der Waals surface area contributed by atoms with E-state index in [1.807, 2.05) is 0 Å². The quantitative estimate of drug-likeness (QED) is 0.519. The fourth-order valence-corrected chi connectivity index (χ4v) is 5.59.